The Morgan fingerprint density at radius 3 is 2.48 bits per heavy atom. The van der Waals surface area contributed by atoms with Gasteiger partial charge < -0.3 is 15.2 Å². The first-order chi connectivity index (χ1) is 14.8. The lowest BCUT2D eigenvalue weighted by Crippen LogP contribution is -2.33. The molecule has 1 aliphatic heterocycles. The highest BCUT2D eigenvalue weighted by Gasteiger charge is 2.32. The van der Waals surface area contributed by atoms with Crippen molar-refractivity contribution in [3.05, 3.63) is 63.7 Å². The lowest BCUT2D eigenvalue weighted by atomic mass is 10.1. The normalized spacial score (nSPS) is 16.5. The minimum absolute atomic E-state index is 0.0346. The minimum atomic E-state index is -0.791. The molecule has 3 N–H and O–H groups in total. The molecule has 0 saturated carbocycles. The number of hydrogen-bond donors (Lipinski definition) is 2. The van der Waals surface area contributed by atoms with Crippen LogP contribution in [0.1, 0.15) is 11.1 Å². The van der Waals surface area contributed by atoms with Gasteiger partial charge in [0, 0.05) is 6.07 Å². The minimum Gasteiger partial charge on any atom is -0.468 e. The van der Waals surface area contributed by atoms with Gasteiger partial charge in [-0.3, -0.25) is 29.8 Å². The van der Waals surface area contributed by atoms with E-state index in [1.165, 1.54) is 19.2 Å². The van der Waals surface area contributed by atoms with Crippen LogP contribution in [0.2, 0.25) is 0 Å². The standard InChI is InChI=1S/C20H19N3O7S/c1-29-19(25)14(21)8-11-2-5-13(6-3-11)30-16-7-4-12(9-15(16)23(27)28)10-17-18(24)22-20(26)31-17/h2-7,9,14,17H,8,10,21H2,1H3,(H,22,24,26). The molecule has 2 unspecified atom stereocenters. The summed E-state index contributed by atoms with van der Waals surface area (Å²) in [5, 5.41) is 12.6. The molecule has 1 heterocycles. The molecule has 0 radical (unpaired) electrons. The average molecular weight is 445 g/mol. The van der Waals surface area contributed by atoms with Crippen molar-refractivity contribution in [3.8, 4) is 11.5 Å². The van der Waals surface area contributed by atoms with Gasteiger partial charge in [0.2, 0.25) is 11.7 Å². The second-order valence-corrected chi connectivity index (χ2v) is 7.90. The molecule has 2 atom stereocenters. The summed E-state index contributed by atoms with van der Waals surface area (Å²) in [4.78, 5) is 45.4. The van der Waals surface area contributed by atoms with Crippen LogP contribution in [0.15, 0.2) is 42.5 Å². The van der Waals surface area contributed by atoms with Crippen molar-refractivity contribution in [2.24, 2.45) is 5.73 Å². The van der Waals surface area contributed by atoms with Crippen molar-refractivity contribution in [2.75, 3.05) is 7.11 Å². The first-order valence-electron chi connectivity index (χ1n) is 9.16. The van der Waals surface area contributed by atoms with Crippen LogP contribution >= 0.6 is 11.8 Å². The second-order valence-electron chi connectivity index (χ2n) is 6.73. The van der Waals surface area contributed by atoms with Crippen LogP contribution < -0.4 is 15.8 Å². The predicted molar refractivity (Wildman–Crippen MR) is 112 cm³/mol. The monoisotopic (exact) mass is 445 g/mol. The summed E-state index contributed by atoms with van der Waals surface area (Å²) < 4.78 is 10.3. The highest BCUT2D eigenvalue weighted by Crippen LogP contribution is 2.34. The molecule has 1 saturated heterocycles. The number of rotatable bonds is 8. The molecule has 3 rings (SSSR count). The number of hydrogen-bond acceptors (Lipinski definition) is 9. The van der Waals surface area contributed by atoms with Crippen LogP contribution in [0.5, 0.6) is 11.5 Å². The number of imide groups is 1. The van der Waals surface area contributed by atoms with Crippen molar-refractivity contribution in [1.29, 1.82) is 0 Å². The molecule has 31 heavy (non-hydrogen) atoms. The number of amides is 2. The molecule has 0 spiro atoms. The number of thioether (sulfide) groups is 1. The fourth-order valence-corrected chi connectivity index (χ4v) is 3.83. The average Bonchev–Trinajstić information content (AvgIpc) is 3.06. The highest BCUT2D eigenvalue weighted by atomic mass is 32.2. The molecule has 11 heteroatoms. The summed E-state index contributed by atoms with van der Waals surface area (Å²) in [6.45, 7) is 0. The van der Waals surface area contributed by atoms with Gasteiger partial charge in [-0.2, -0.15) is 0 Å². The fourth-order valence-electron chi connectivity index (χ4n) is 2.97. The molecule has 2 aromatic rings. The van der Waals surface area contributed by atoms with Gasteiger partial charge in [-0.1, -0.05) is 30.0 Å². The SMILES string of the molecule is COC(=O)C(N)Cc1ccc(Oc2ccc(CC3SC(=O)NC3=O)cc2[N+](=O)[O-])cc1. The number of nitrogens with two attached hydrogens (primary N) is 1. The zero-order valence-corrected chi connectivity index (χ0v) is 17.2. The molecule has 0 bridgehead atoms. The Kier molecular flexibility index (Phi) is 6.88. The molecular weight excluding hydrogens is 426 g/mol. The third-order valence-electron chi connectivity index (χ3n) is 4.52. The molecule has 2 amide bonds. The van der Waals surface area contributed by atoms with E-state index < -0.39 is 33.3 Å². The molecule has 162 valence electrons. The van der Waals surface area contributed by atoms with E-state index in [0.717, 1.165) is 17.3 Å². The molecule has 10 nitrogen and oxygen atoms in total. The van der Waals surface area contributed by atoms with Gasteiger partial charge in [-0.05, 0) is 42.2 Å². The number of methoxy groups -OCH3 is 1. The van der Waals surface area contributed by atoms with Gasteiger partial charge in [-0.25, -0.2) is 0 Å². The summed E-state index contributed by atoms with van der Waals surface area (Å²) in [6, 6.07) is 10.2. The Labute approximate surface area is 181 Å². The predicted octanol–water partition coefficient (Wildman–Crippen LogP) is 2.32. The quantitative estimate of drug-likeness (QED) is 0.354. The van der Waals surface area contributed by atoms with Crippen LogP contribution in [-0.4, -0.2) is 40.4 Å². The van der Waals surface area contributed by atoms with E-state index in [0.29, 0.717) is 11.3 Å². The van der Waals surface area contributed by atoms with Gasteiger partial charge in [0.05, 0.1) is 17.3 Å². The Hall–Kier alpha value is -3.44. The van der Waals surface area contributed by atoms with E-state index in [4.69, 9.17) is 10.5 Å². The number of benzene rings is 2. The van der Waals surface area contributed by atoms with Crippen molar-refractivity contribution >= 4 is 34.6 Å². The summed E-state index contributed by atoms with van der Waals surface area (Å²) in [5.74, 6) is -0.534. The molecule has 1 fully saturated rings. The van der Waals surface area contributed by atoms with Crippen molar-refractivity contribution in [3.63, 3.8) is 0 Å². The first-order valence-corrected chi connectivity index (χ1v) is 10.0. The topological polar surface area (TPSA) is 151 Å². The second kappa shape index (κ2) is 9.58. The maximum absolute atomic E-state index is 11.7. The third-order valence-corrected chi connectivity index (χ3v) is 5.50. The number of carbonyl (C=O) groups excluding carboxylic acids is 3. The molecule has 0 aromatic heterocycles. The smallest absolute Gasteiger partial charge is 0.322 e. The third kappa shape index (κ3) is 5.58. The molecule has 0 aliphatic carbocycles. The van der Waals surface area contributed by atoms with E-state index in [9.17, 15) is 24.5 Å². The van der Waals surface area contributed by atoms with Gasteiger partial charge in [0.25, 0.3) is 5.24 Å². The van der Waals surface area contributed by atoms with E-state index >= 15 is 0 Å². The van der Waals surface area contributed by atoms with Gasteiger partial charge in [0.1, 0.15) is 11.8 Å². The van der Waals surface area contributed by atoms with Crippen molar-refractivity contribution in [1.82, 2.24) is 5.32 Å². The molecular formula is C20H19N3O7S. The van der Waals surface area contributed by atoms with Crippen molar-refractivity contribution in [2.45, 2.75) is 24.1 Å². The fraction of sp³-hybridized carbons (Fsp3) is 0.250. The summed E-state index contributed by atoms with van der Waals surface area (Å²) in [6.07, 6.45) is 0.454. The van der Waals surface area contributed by atoms with Crippen LogP contribution in [0, 0.1) is 10.1 Å². The Morgan fingerprint density at radius 2 is 1.90 bits per heavy atom. The van der Waals surface area contributed by atoms with E-state index in [1.807, 2.05) is 0 Å². The van der Waals surface area contributed by atoms with Gasteiger partial charge in [0.15, 0.2) is 0 Å². The zero-order valence-electron chi connectivity index (χ0n) is 16.4. The number of nitrogens with zero attached hydrogens (tertiary/aromatic N) is 1. The lowest BCUT2D eigenvalue weighted by Gasteiger charge is -2.11. The van der Waals surface area contributed by atoms with Crippen LogP contribution in [-0.2, 0) is 27.2 Å². The maximum atomic E-state index is 11.7. The van der Waals surface area contributed by atoms with Crippen LogP contribution in [0.3, 0.4) is 0 Å². The number of nitrogens with one attached hydrogen (secondary N) is 1. The largest absolute Gasteiger partial charge is 0.468 e. The summed E-state index contributed by atoms with van der Waals surface area (Å²) >= 11 is 0.860. The number of ether oxygens (including phenoxy) is 2. The maximum Gasteiger partial charge on any atom is 0.322 e. The highest BCUT2D eigenvalue weighted by molar-refractivity contribution is 8.15. The molecule has 2 aromatic carbocycles. The Bertz CT molecular complexity index is 1030. The lowest BCUT2D eigenvalue weighted by molar-refractivity contribution is -0.385. The van der Waals surface area contributed by atoms with Gasteiger partial charge in [-0.15, -0.1) is 0 Å². The number of nitro benzene ring substituents is 1. The van der Waals surface area contributed by atoms with E-state index in [1.54, 1.807) is 30.3 Å². The zero-order chi connectivity index (χ0) is 22.5. The summed E-state index contributed by atoms with van der Waals surface area (Å²) in [7, 11) is 1.26. The Balaban J connectivity index is 1.72. The van der Waals surface area contributed by atoms with Gasteiger partial charge >= 0.3 is 11.7 Å². The molecule has 1 aliphatic rings. The van der Waals surface area contributed by atoms with Crippen molar-refractivity contribution < 1.29 is 28.8 Å². The van der Waals surface area contributed by atoms with E-state index in [-0.39, 0.29) is 24.3 Å². The Morgan fingerprint density at radius 1 is 1.23 bits per heavy atom. The number of esters is 1. The number of carbonyl (C=O) groups is 3. The van der Waals surface area contributed by atoms with Crippen LogP contribution in [0.25, 0.3) is 0 Å². The number of nitro groups is 1. The van der Waals surface area contributed by atoms with E-state index in [2.05, 4.69) is 10.1 Å². The first kappa shape index (κ1) is 22.2. The van der Waals surface area contributed by atoms with Crippen LogP contribution in [0.4, 0.5) is 10.5 Å². The summed E-state index contributed by atoms with van der Waals surface area (Å²) in [5.41, 5.74) is 6.79.